The molecule has 6 heteroatoms. The highest BCUT2D eigenvalue weighted by Crippen LogP contribution is 2.34. The van der Waals surface area contributed by atoms with Crippen LogP contribution in [0, 0.1) is 11.3 Å². The Balaban J connectivity index is 1.75. The van der Waals surface area contributed by atoms with E-state index in [1.165, 1.54) is 17.1 Å². The van der Waals surface area contributed by atoms with Crippen LogP contribution in [0.2, 0.25) is 5.15 Å². The van der Waals surface area contributed by atoms with E-state index in [-0.39, 0.29) is 5.15 Å². The molecule has 1 aliphatic rings. The smallest absolute Gasteiger partial charge is 0.162 e. The monoisotopic (exact) mass is 305 g/mol. The van der Waals surface area contributed by atoms with E-state index in [0.29, 0.717) is 11.5 Å². The van der Waals surface area contributed by atoms with Crippen LogP contribution in [0.25, 0.3) is 0 Å². The van der Waals surface area contributed by atoms with Crippen LogP contribution in [0.15, 0.2) is 24.3 Å². The van der Waals surface area contributed by atoms with E-state index in [2.05, 4.69) is 21.8 Å². The maximum atomic E-state index is 9.06. The van der Waals surface area contributed by atoms with Gasteiger partial charge in [0, 0.05) is 12.5 Å². The summed E-state index contributed by atoms with van der Waals surface area (Å²) in [6, 6.07) is 10.2. The van der Waals surface area contributed by atoms with Crippen LogP contribution in [0.1, 0.15) is 23.5 Å². The number of rotatable bonds is 3. The summed E-state index contributed by atoms with van der Waals surface area (Å²) in [7, 11) is 0. The molecule has 2 heterocycles. The summed E-state index contributed by atoms with van der Waals surface area (Å²) < 4.78 is 9.64. The summed E-state index contributed by atoms with van der Waals surface area (Å²) >= 11 is 7.09. The quantitative estimate of drug-likeness (QED) is 0.940. The van der Waals surface area contributed by atoms with Crippen LogP contribution in [-0.4, -0.2) is 17.5 Å². The lowest BCUT2D eigenvalue weighted by Crippen LogP contribution is -2.20. The van der Waals surface area contributed by atoms with E-state index in [1.807, 2.05) is 18.2 Å². The van der Waals surface area contributed by atoms with Crippen LogP contribution in [0.5, 0.6) is 5.75 Å². The number of nitriles is 1. The zero-order valence-electron chi connectivity index (χ0n) is 10.6. The highest BCUT2D eigenvalue weighted by atomic mass is 35.5. The van der Waals surface area contributed by atoms with Crippen LogP contribution >= 0.6 is 23.1 Å². The third-order valence-electron chi connectivity index (χ3n) is 3.35. The molecule has 1 N–H and O–H groups in total. The fourth-order valence-corrected chi connectivity index (χ4v) is 3.27. The number of hydrogen-bond acceptors (Lipinski definition) is 5. The molecule has 0 saturated heterocycles. The lowest BCUT2D eigenvalue weighted by atomic mass is 9.93. The number of halogens is 1. The zero-order valence-corrected chi connectivity index (χ0v) is 12.2. The first kappa shape index (κ1) is 13.2. The van der Waals surface area contributed by atoms with E-state index in [0.717, 1.165) is 30.3 Å². The van der Waals surface area contributed by atoms with Gasteiger partial charge in [0.15, 0.2) is 5.15 Å². The van der Waals surface area contributed by atoms with E-state index in [1.54, 1.807) is 0 Å². The fourth-order valence-electron chi connectivity index (χ4n) is 2.33. The maximum Gasteiger partial charge on any atom is 0.162 e. The van der Waals surface area contributed by atoms with Crippen molar-refractivity contribution in [3.05, 3.63) is 40.5 Å². The Morgan fingerprint density at radius 3 is 3.20 bits per heavy atom. The van der Waals surface area contributed by atoms with E-state index in [4.69, 9.17) is 21.6 Å². The second-order valence-corrected chi connectivity index (χ2v) is 5.67. The average molecular weight is 306 g/mol. The van der Waals surface area contributed by atoms with Crippen molar-refractivity contribution in [3.8, 4) is 11.8 Å². The highest BCUT2D eigenvalue weighted by molar-refractivity contribution is 7.10. The molecule has 20 heavy (non-hydrogen) atoms. The summed E-state index contributed by atoms with van der Waals surface area (Å²) in [6.45, 7) is 1.46. The molecule has 0 amide bonds. The summed E-state index contributed by atoms with van der Waals surface area (Å²) in [6.07, 6.45) is 0.957. The fraction of sp³-hybridized carbons (Fsp3) is 0.286. The molecule has 102 valence electrons. The largest absolute Gasteiger partial charge is 0.493 e. The molecule has 0 saturated carbocycles. The molecule has 0 fully saturated rings. The number of benzene rings is 1. The SMILES string of the molecule is N#Cc1c(Cl)nsc1NCC1CCOc2ccccc21. The normalized spacial score (nSPS) is 16.9. The molecular formula is C14H12ClN3OS. The van der Waals surface area contributed by atoms with Crippen LogP contribution in [0.3, 0.4) is 0 Å². The lowest BCUT2D eigenvalue weighted by Gasteiger charge is -2.26. The molecule has 0 radical (unpaired) electrons. The van der Waals surface area contributed by atoms with Gasteiger partial charge in [0.1, 0.15) is 22.4 Å². The lowest BCUT2D eigenvalue weighted by molar-refractivity contribution is 0.270. The van der Waals surface area contributed by atoms with Crippen molar-refractivity contribution in [1.82, 2.24) is 4.37 Å². The van der Waals surface area contributed by atoms with E-state index < -0.39 is 0 Å². The van der Waals surface area contributed by atoms with Crippen molar-refractivity contribution < 1.29 is 4.74 Å². The van der Waals surface area contributed by atoms with Gasteiger partial charge in [0.25, 0.3) is 0 Å². The minimum absolute atomic E-state index is 0.271. The first-order valence-electron chi connectivity index (χ1n) is 6.30. The minimum Gasteiger partial charge on any atom is -0.493 e. The molecule has 1 aliphatic heterocycles. The van der Waals surface area contributed by atoms with E-state index >= 15 is 0 Å². The van der Waals surface area contributed by atoms with Gasteiger partial charge in [-0.25, -0.2) is 0 Å². The molecule has 1 aromatic heterocycles. The number of ether oxygens (including phenoxy) is 1. The minimum atomic E-state index is 0.271. The third kappa shape index (κ3) is 2.45. The second-order valence-electron chi connectivity index (χ2n) is 4.54. The van der Waals surface area contributed by atoms with Gasteiger partial charge >= 0.3 is 0 Å². The van der Waals surface area contributed by atoms with Crippen molar-refractivity contribution in [1.29, 1.82) is 5.26 Å². The molecule has 0 spiro atoms. The Labute approximate surface area is 126 Å². The van der Waals surface area contributed by atoms with Gasteiger partial charge in [-0.05, 0) is 29.6 Å². The predicted octanol–water partition coefficient (Wildman–Crippen LogP) is 3.65. The third-order valence-corrected chi connectivity index (χ3v) is 4.53. The zero-order chi connectivity index (χ0) is 13.9. The molecule has 4 nitrogen and oxygen atoms in total. The van der Waals surface area contributed by atoms with Gasteiger partial charge in [0.05, 0.1) is 6.61 Å². The number of nitrogens with zero attached hydrogens (tertiary/aromatic N) is 2. The number of anilines is 1. The van der Waals surface area contributed by atoms with Gasteiger partial charge in [-0.3, -0.25) is 0 Å². The van der Waals surface area contributed by atoms with Crippen molar-refractivity contribution in [2.45, 2.75) is 12.3 Å². The van der Waals surface area contributed by atoms with Gasteiger partial charge in [-0.15, -0.1) is 0 Å². The number of para-hydroxylation sites is 1. The van der Waals surface area contributed by atoms with Crippen LogP contribution < -0.4 is 10.1 Å². The van der Waals surface area contributed by atoms with Crippen molar-refractivity contribution in [2.75, 3.05) is 18.5 Å². The predicted molar refractivity (Wildman–Crippen MR) is 79.6 cm³/mol. The van der Waals surface area contributed by atoms with Crippen LogP contribution in [-0.2, 0) is 0 Å². The first-order chi connectivity index (χ1) is 9.79. The molecule has 1 aromatic carbocycles. The average Bonchev–Trinajstić information content (AvgIpc) is 2.85. The number of fused-ring (bicyclic) bond motifs is 1. The second kappa shape index (κ2) is 5.70. The van der Waals surface area contributed by atoms with Crippen molar-refractivity contribution >= 4 is 28.1 Å². The Morgan fingerprint density at radius 1 is 1.50 bits per heavy atom. The number of aromatic nitrogens is 1. The summed E-state index contributed by atoms with van der Waals surface area (Å²) in [5.74, 6) is 1.32. The first-order valence-corrected chi connectivity index (χ1v) is 7.45. The Morgan fingerprint density at radius 2 is 2.35 bits per heavy atom. The standard InChI is InChI=1S/C14H12ClN3OS/c15-13-11(7-16)14(20-18-13)17-8-9-5-6-19-12-4-2-1-3-10(9)12/h1-4,9,17H,5-6,8H2. The number of hydrogen-bond donors (Lipinski definition) is 1. The van der Waals surface area contributed by atoms with Gasteiger partial charge in [-0.1, -0.05) is 29.8 Å². The number of nitrogens with one attached hydrogen (secondary N) is 1. The van der Waals surface area contributed by atoms with Gasteiger partial charge < -0.3 is 10.1 Å². The van der Waals surface area contributed by atoms with Gasteiger partial charge in [-0.2, -0.15) is 9.64 Å². The summed E-state index contributed by atoms with van der Waals surface area (Å²) in [4.78, 5) is 0. The van der Waals surface area contributed by atoms with Crippen molar-refractivity contribution in [2.24, 2.45) is 0 Å². The maximum absolute atomic E-state index is 9.06. The Bertz CT molecular complexity index is 665. The molecule has 0 bridgehead atoms. The van der Waals surface area contributed by atoms with Crippen molar-refractivity contribution in [3.63, 3.8) is 0 Å². The highest BCUT2D eigenvalue weighted by Gasteiger charge is 2.21. The van der Waals surface area contributed by atoms with E-state index in [9.17, 15) is 0 Å². The molecule has 2 aromatic rings. The summed E-state index contributed by atoms with van der Waals surface area (Å²) in [5.41, 5.74) is 1.64. The molecule has 1 atom stereocenters. The van der Waals surface area contributed by atoms with Crippen LogP contribution in [0.4, 0.5) is 5.00 Å². The summed E-state index contributed by atoms with van der Waals surface area (Å²) in [5, 5.41) is 13.4. The Hall–Kier alpha value is -1.77. The Kier molecular flexibility index (Phi) is 3.77. The topological polar surface area (TPSA) is 57.9 Å². The molecule has 3 rings (SSSR count). The molecule has 0 aliphatic carbocycles. The molecule has 1 unspecified atom stereocenters. The molecular weight excluding hydrogens is 294 g/mol. The van der Waals surface area contributed by atoms with Gasteiger partial charge in [0.2, 0.25) is 0 Å².